The molecule has 0 aromatic carbocycles. The molecule has 0 bridgehead atoms. The van der Waals surface area contributed by atoms with E-state index in [0.717, 1.165) is 45.4 Å². The molecule has 7 heteroatoms. The Balaban J connectivity index is 1.60. The number of amides is 1. The van der Waals surface area contributed by atoms with Gasteiger partial charge < -0.3 is 14.1 Å². The summed E-state index contributed by atoms with van der Waals surface area (Å²) in [5, 5.41) is 8.03. The van der Waals surface area contributed by atoms with Crippen LogP contribution in [0.4, 0.5) is 0 Å². The number of likely N-dealkylation sites (tertiary alicyclic amines) is 2. The number of ether oxygens (including phenoxy) is 1. The summed E-state index contributed by atoms with van der Waals surface area (Å²) in [7, 11) is 1.71. The van der Waals surface area contributed by atoms with Crippen molar-refractivity contribution in [2.24, 2.45) is 5.41 Å². The summed E-state index contributed by atoms with van der Waals surface area (Å²) in [6.07, 6.45) is 4.92. The van der Waals surface area contributed by atoms with Gasteiger partial charge in [-0.3, -0.25) is 9.69 Å². The fourth-order valence-corrected chi connectivity index (χ4v) is 4.08. The number of nitrogens with zero attached hydrogens (tertiary/aromatic N) is 4. The summed E-state index contributed by atoms with van der Waals surface area (Å²) in [5.41, 5.74) is 0.217. The van der Waals surface area contributed by atoms with Crippen LogP contribution in [0, 0.1) is 12.3 Å². The first-order valence-corrected chi connectivity index (χ1v) is 8.88. The van der Waals surface area contributed by atoms with Crippen LogP contribution in [0.5, 0.6) is 0 Å². The van der Waals surface area contributed by atoms with E-state index in [1.54, 1.807) is 7.11 Å². The van der Waals surface area contributed by atoms with Crippen LogP contribution in [0.1, 0.15) is 43.9 Å². The highest BCUT2D eigenvalue weighted by Gasteiger charge is 2.41. The van der Waals surface area contributed by atoms with E-state index in [-0.39, 0.29) is 5.41 Å². The van der Waals surface area contributed by atoms with Crippen molar-refractivity contribution in [2.45, 2.75) is 45.6 Å². The van der Waals surface area contributed by atoms with Gasteiger partial charge in [-0.25, -0.2) is 0 Å². The van der Waals surface area contributed by atoms with Gasteiger partial charge in [-0.05, 0) is 32.2 Å². The summed E-state index contributed by atoms with van der Waals surface area (Å²) in [6, 6.07) is 0. The normalized spacial score (nSPS) is 25.6. The lowest BCUT2D eigenvalue weighted by atomic mass is 9.73. The van der Waals surface area contributed by atoms with Crippen molar-refractivity contribution in [3.63, 3.8) is 0 Å². The second-order valence-corrected chi connectivity index (χ2v) is 7.19. The Labute approximate surface area is 143 Å². The van der Waals surface area contributed by atoms with E-state index in [4.69, 9.17) is 9.15 Å². The van der Waals surface area contributed by atoms with Crippen molar-refractivity contribution in [3.05, 3.63) is 11.8 Å². The monoisotopic (exact) mass is 336 g/mol. The zero-order valence-electron chi connectivity index (χ0n) is 14.8. The lowest BCUT2D eigenvalue weighted by molar-refractivity contribution is -0.139. The summed E-state index contributed by atoms with van der Waals surface area (Å²) >= 11 is 0. The first-order chi connectivity index (χ1) is 11.6. The zero-order chi connectivity index (χ0) is 17.0. The van der Waals surface area contributed by atoms with Gasteiger partial charge in [0.05, 0.1) is 6.54 Å². The number of rotatable bonds is 6. The number of aryl methyl sites for hydroxylation is 1. The number of piperidine rings is 2. The van der Waals surface area contributed by atoms with Gasteiger partial charge in [-0.1, -0.05) is 0 Å². The number of hydrogen-bond donors (Lipinski definition) is 0. The van der Waals surface area contributed by atoms with Crippen LogP contribution in [-0.4, -0.2) is 65.8 Å². The molecule has 7 nitrogen and oxygen atoms in total. The van der Waals surface area contributed by atoms with E-state index in [9.17, 15) is 4.79 Å². The third-order valence-electron chi connectivity index (χ3n) is 5.19. The Bertz CT molecular complexity index is 562. The molecule has 0 radical (unpaired) electrons. The largest absolute Gasteiger partial charge is 0.424 e. The topological polar surface area (TPSA) is 71.7 Å². The van der Waals surface area contributed by atoms with Crippen molar-refractivity contribution in [1.82, 2.24) is 20.0 Å². The molecule has 2 aliphatic rings. The molecule has 1 amide bonds. The SMILES string of the molecule is COCCCN1C[C@]2(CCCN(Cc3nnc(C)o3)C2)CCC1=O. The average Bonchev–Trinajstić information content (AvgIpc) is 2.96. The third-order valence-corrected chi connectivity index (χ3v) is 5.19. The van der Waals surface area contributed by atoms with Gasteiger partial charge in [-0.2, -0.15) is 0 Å². The molecule has 1 aromatic heterocycles. The van der Waals surface area contributed by atoms with Crippen LogP contribution in [0.2, 0.25) is 0 Å². The van der Waals surface area contributed by atoms with E-state index in [1.165, 1.54) is 6.42 Å². The predicted octanol–water partition coefficient (Wildman–Crippen LogP) is 1.62. The molecular weight excluding hydrogens is 308 g/mol. The molecule has 24 heavy (non-hydrogen) atoms. The predicted molar refractivity (Wildman–Crippen MR) is 88.3 cm³/mol. The van der Waals surface area contributed by atoms with E-state index >= 15 is 0 Å². The Hall–Kier alpha value is -1.47. The number of aromatic nitrogens is 2. The zero-order valence-corrected chi connectivity index (χ0v) is 14.8. The van der Waals surface area contributed by atoms with Crippen molar-refractivity contribution in [1.29, 1.82) is 0 Å². The maximum atomic E-state index is 12.2. The van der Waals surface area contributed by atoms with Crippen molar-refractivity contribution in [3.8, 4) is 0 Å². The summed E-state index contributed by atoms with van der Waals surface area (Å²) < 4.78 is 10.6. The minimum Gasteiger partial charge on any atom is -0.424 e. The molecule has 1 aromatic rings. The Morgan fingerprint density at radius 1 is 1.29 bits per heavy atom. The van der Waals surface area contributed by atoms with E-state index in [2.05, 4.69) is 15.1 Å². The van der Waals surface area contributed by atoms with Crippen molar-refractivity contribution in [2.75, 3.05) is 39.9 Å². The van der Waals surface area contributed by atoms with Crippen molar-refractivity contribution >= 4 is 5.91 Å². The number of carbonyl (C=O) groups is 1. The van der Waals surface area contributed by atoms with Crippen LogP contribution in [-0.2, 0) is 16.1 Å². The number of methoxy groups -OCH3 is 1. The third kappa shape index (κ3) is 4.13. The minimum absolute atomic E-state index is 0.217. The Kier molecular flexibility index (Phi) is 5.50. The molecule has 3 rings (SSSR count). The number of hydrogen-bond acceptors (Lipinski definition) is 6. The summed E-state index contributed by atoms with van der Waals surface area (Å²) in [4.78, 5) is 16.7. The first kappa shape index (κ1) is 17.4. The maximum Gasteiger partial charge on any atom is 0.230 e. The fourth-order valence-electron chi connectivity index (χ4n) is 4.08. The van der Waals surface area contributed by atoms with Crippen molar-refractivity contribution < 1.29 is 13.9 Å². The Morgan fingerprint density at radius 3 is 2.92 bits per heavy atom. The van der Waals surface area contributed by atoms with E-state index in [0.29, 0.717) is 37.3 Å². The molecule has 1 spiro atoms. The molecule has 0 aliphatic carbocycles. The van der Waals surface area contributed by atoms with Gasteiger partial charge in [0.1, 0.15) is 0 Å². The quantitative estimate of drug-likeness (QED) is 0.735. The molecule has 0 saturated carbocycles. The van der Waals surface area contributed by atoms with Crippen LogP contribution >= 0.6 is 0 Å². The first-order valence-electron chi connectivity index (χ1n) is 8.88. The average molecular weight is 336 g/mol. The lowest BCUT2D eigenvalue weighted by Gasteiger charge is -2.48. The maximum absolute atomic E-state index is 12.2. The molecular formula is C17H28N4O3. The van der Waals surface area contributed by atoms with Crippen LogP contribution in [0.3, 0.4) is 0 Å². The summed E-state index contributed by atoms with van der Waals surface area (Å²) in [5.74, 6) is 1.60. The highest BCUT2D eigenvalue weighted by Crippen LogP contribution is 2.39. The standard InChI is InChI=1S/C17H28N4O3/c1-14-18-19-15(24-14)11-20-8-3-6-17(12-20)7-5-16(22)21(13-17)9-4-10-23-2/h3-13H2,1-2H3/t17-/m1/s1. The van der Waals surface area contributed by atoms with Gasteiger partial charge in [0.15, 0.2) is 0 Å². The van der Waals surface area contributed by atoms with Crippen LogP contribution in [0.25, 0.3) is 0 Å². The van der Waals surface area contributed by atoms with Gasteiger partial charge in [-0.15, -0.1) is 10.2 Å². The minimum atomic E-state index is 0.217. The van der Waals surface area contributed by atoms with Gasteiger partial charge >= 0.3 is 0 Å². The van der Waals surface area contributed by atoms with Gasteiger partial charge in [0, 0.05) is 52.1 Å². The molecule has 134 valence electrons. The second-order valence-electron chi connectivity index (χ2n) is 7.19. The second kappa shape index (κ2) is 7.61. The highest BCUT2D eigenvalue weighted by atomic mass is 16.5. The van der Waals surface area contributed by atoms with E-state index in [1.807, 2.05) is 11.8 Å². The smallest absolute Gasteiger partial charge is 0.230 e. The molecule has 0 N–H and O–H groups in total. The van der Waals surface area contributed by atoms with E-state index < -0.39 is 0 Å². The number of carbonyl (C=O) groups excluding carboxylic acids is 1. The van der Waals surface area contributed by atoms with Gasteiger partial charge in [0.2, 0.25) is 17.7 Å². The van der Waals surface area contributed by atoms with Gasteiger partial charge in [0.25, 0.3) is 0 Å². The summed E-state index contributed by atoms with van der Waals surface area (Å²) in [6.45, 7) is 6.97. The molecule has 2 aliphatic heterocycles. The highest BCUT2D eigenvalue weighted by molar-refractivity contribution is 5.77. The lowest BCUT2D eigenvalue weighted by Crippen LogP contribution is -2.54. The molecule has 0 unspecified atom stereocenters. The molecule has 2 saturated heterocycles. The molecule has 3 heterocycles. The fraction of sp³-hybridized carbons (Fsp3) is 0.824. The molecule has 1 atom stereocenters. The van der Waals surface area contributed by atoms with Crippen LogP contribution in [0.15, 0.2) is 4.42 Å². The Morgan fingerprint density at radius 2 is 2.17 bits per heavy atom. The van der Waals surface area contributed by atoms with Crippen LogP contribution < -0.4 is 0 Å². The molecule has 2 fully saturated rings.